The second-order valence-corrected chi connectivity index (χ2v) is 3.01. The van der Waals surface area contributed by atoms with E-state index in [1.807, 2.05) is 0 Å². The highest BCUT2D eigenvalue weighted by Crippen LogP contribution is 2.24. The van der Waals surface area contributed by atoms with Gasteiger partial charge in [0.1, 0.15) is 6.61 Å². The van der Waals surface area contributed by atoms with Gasteiger partial charge in [-0.25, -0.2) is 4.39 Å². The van der Waals surface area contributed by atoms with Gasteiger partial charge in [0, 0.05) is 11.8 Å². The largest absolute Gasteiger partial charge is 0.494 e. The number of aliphatic hydroxyl groups is 1. The van der Waals surface area contributed by atoms with E-state index >= 15 is 0 Å². The van der Waals surface area contributed by atoms with Gasteiger partial charge < -0.3 is 15.2 Å². The van der Waals surface area contributed by atoms with Crippen LogP contribution < -0.4 is 10.1 Å². The van der Waals surface area contributed by atoms with Crippen LogP contribution in [-0.4, -0.2) is 24.7 Å². The van der Waals surface area contributed by atoms with Gasteiger partial charge >= 0.3 is 0 Å². The number of rotatable bonds is 3. The first-order valence-electron chi connectivity index (χ1n) is 4.33. The minimum Gasteiger partial charge on any atom is -0.494 e. The quantitative estimate of drug-likeness (QED) is 0.789. The summed E-state index contributed by atoms with van der Waals surface area (Å²) in [6, 6.07) is 2.63. The Kier molecular flexibility index (Phi) is 3.62. The molecule has 0 unspecified atom stereocenters. The number of carbonyl (C=O) groups is 1. The molecule has 15 heavy (non-hydrogen) atoms. The lowest BCUT2D eigenvalue weighted by Crippen LogP contribution is -2.16. The molecule has 1 aromatic rings. The molecule has 1 rings (SSSR count). The van der Waals surface area contributed by atoms with Gasteiger partial charge in [0.25, 0.3) is 0 Å². The molecule has 0 saturated heterocycles. The molecule has 0 bridgehead atoms. The van der Waals surface area contributed by atoms with Crippen molar-refractivity contribution in [2.45, 2.75) is 6.92 Å². The van der Waals surface area contributed by atoms with Crippen LogP contribution in [0.25, 0.3) is 0 Å². The second kappa shape index (κ2) is 4.75. The Morgan fingerprint density at radius 2 is 2.27 bits per heavy atom. The van der Waals surface area contributed by atoms with Crippen LogP contribution in [0.2, 0.25) is 0 Å². The number of benzene rings is 1. The number of aryl methyl sites for hydroxylation is 1. The van der Waals surface area contributed by atoms with Crippen LogP contribution in [0.4, 0.5) is 10.1 Å². The molecule has 0 aliphatic heterocycles. The van der Waals surface area contributed by atoms with Crippen molar-refractivity contribution < 1.29 is 19.0 Å². The smallest absolute Gasteiger partial charge is 0.250 e. The fourth-order valence-corrected chi connectivity index (χ4v) is 1.14. The third-order valence-corrected chi connectivity index (χ3v) is 1.92. The molecule has 0 atom stereocenters. The zero-order chi connectivity index (χ0) is 11.4. The van der Waals surface area contributed by atoms with Gasteiger partial charge in [-0.05, 0) is 18.6 Å². The van der Waals surface area contributed by atoms with Gasteiger partial charge in [-0.3, -0.25) is 4.79 Å². The molecule has 2 N–H and O–H groups in total. The number of hydrogen-bond donors (Lipinski definition) is 2. The fourth-order valence-electron chi connectivity index (χ4n) is 1.14. The molecule has 0 heterocycles. The molecular weight excluding hydrogens is 201 g/mol. The Balaban J connectivity index is 3.00. The summed E-state index contributed by atoms with van der Waals surface area (Å²) in [4.78, 5) is 10.9. The van der Waals surface area contributed by atoms with Crippen LogP contribution in [0.3, 0.4) is 0 Å². The van der Waals surface area contributed by atoms with Crippen molar-refractivity contribution in [1.82, 2.24) is 0 Å². The monoisotopic (exact) mass is 213 g/mol. The number of halogens is 1. The number of anilines is 1. The third kappa shape index (κ3) is 2.66. The minimum atomic E-state index is -0.632. The number of hydrogen-bond acceptors (Lipinski definition) is 3. The van der Waals surface area contributed by atoms with Crippen molar-refractivity contribution >= 4 is 11.6 Å². The lowest BCUT2D eigenvalue weighted by Gasteiger charge is -2.09. The predicted octanol–water partition coefficient (Wildman–Crippen LogP) is 1.07. The van der Waals surface area contributed by atoms with Gasteiger partial charge in [0.2, 0.25) is 5.91 Å². The molecule has 0 aliphatic carbocycles. The van der Waals surface area contributed by atoms with Crippen molar-refractivity contribution in [3.63, 3.8) is 0 Å². The van der Waals surface area contributed by atoms with Crippen molar-refractivity contribution in [3.05, 3.63) is 23.5 Å². The zero-order valence-electron chi connectivity index (χ0n) is 8.50. The van der Waals surface area contributed by atoms with Crippen LogP contribution in [-0.2, 0) is 4.79 Å². The number of ether oxygens (including phenoxy) is 1. The normalized spacial score (nSPS) is 9.87. The Hall–Kier alpha value is -1.62. The number of carbonyl (C=O) groups excluding carboxylic acids is 1. The average molecular weight is 213 g/mol. The van der Waals surface area contributed by atoms with Gasteiger partial charge in [-0.1, -0.05) is 0 Å². The fraction of sp³-hybridized carbons (Fsp3) is 0.300. The number of amides is 1. The molecule has 0 aliphatic rings. The molecule has 5 heteroatoms. The maximum Gasteiger partial charge on any atom is 0.250 e. The first-order chi connectivity index (χ1) is 7.08. The van der Waals surface area contributed by atoms with Crippen molar-refractivity contribution in [3.8, 4) is 5.75 Å². The Bertz CT molecular complexity index is 379. The van der Waals surface area contributed by atoms with Gasteiger partial charge in [-0.15, -0.1) is 0 Å². The summed E-state index contributed by atoms with van der Waals surface area (Å²) in [5.74, 6) is -1.02. The maximum atomic E-state index is 13.2. The van der Waals surface area contributed by atoms with E-state index in [2.05, 4.69) is 5.32 Å². The molecular formula is C10H12FNO3. The van der Waals surface area contributed by atoms with Gasteiger partial charge in [-0.2, -0.15) is 0 Å². The van der Waals surface area contributed by atoms with Crippen LogP contribution in [0, 0.1) is 12.7 Å². The maximum absolute atomic E-state index is 13.2. The lowest BCUT2D eigenvalue weighted by molar-refractivity contribution is -0.118. The number of nitrogens with one attached hydrogen (secondary N) is 1. The molecule has 0 radical (unpaired) electrons. The van der Waals surface area contributed by atoms with Crippen molar-refractivity contribution in [2.24, 2.45) is 0 Å². The van der Waals surface area contributed by atoms with Crippen LogP contribution in [0.15, 0.2) is 12.1 Å². The van der Waals surface area contributed by atoms with E-state index in [-0.39, 0.29) is 5.75 Å². The summed E-state index contributed by atoms with van der Waals surface area (Å²) < 4.78 is 18.0. The summed E-state index contributed by atoms with van der Waals surface area (Å²) in [7, 11) is 1.36. The van der Waals surface area contributed by atoms with Crippen molar-refractivity contribution in [1.29, 1.82) is 0 Å². The molecule has 4 nitrogen and oxygen atoms in total. The van der Waals surface area contributed by atoms with Crippen molar-refractivity contribution in [2.75, 3.05) is 19.0 Å². The summed E-state index contributed by atoms with van der Waals surface area (Å²) in [6.07, 6.45) is 0. The number of methoxy groups -OCH3 is 1. The van der Waals surface area contributed by atoms with E-state index in [9.17, 15) is 9.18 Å². The average Bonchev–Trinajstić information content (AvgIpc) is 2.22. The molecule has 82 valence electrons. The Labute approximate surface area is 86.7 Å². The van der Waals surface area contributed by atoms with Crippen LogP contribution in [0.1, 0.15) is 5.56 Å². The van der Waals surface area contributed by atoms with E-state index in [0.29, 0.717) is 11.3 Å². The zero-order valence-corrected chi connectivity index (χ0v) is 8.50. The van der Waals surface area contributed by atoms with Crippen LogP contribution in [0.5, 0.6) is 5.75 Å². The highest BCUT2D eigenvalue weighted by molar-refractivity contribution is 5.92. The summed E-state index contributed by atoms with van der Waals surface area (Å²) in [5.41, 5.74) is 0.988. The Morgan fingerprint density at radius 3 is 2.80 bits per heavy atom. The molecule has 1 aromatic carbocycles. The molecule has 0 saturated carbocycles. The Morgan fingerprint density at radius 1 is 1.60 bits per heavy atom. The first-order valence-corrected chi connectivity index (χ1v) is 4.33. The lowest BCUT2D eigenvalue weighted by atomic mass is 10.2. The first kappa shape index (κ1) is 11.5. The summed E-state index contributed by atoms with van der Waals surface area (Å²) in [6.45, 7) is 1.07. The highest BCUT2D eigenvalue weighted by atomic mass is 19.1. The molecule has 1 amide bonds. The van der Waals surface area contributed by atoms with E-state index in [1.165, 1.54) is 13.2 Å². The van der Waals surface area contributed by atoms with E-state index in [4.69, 9.17) is 9.84 Å². The second-order valence-electron chi connectivity index (χ2n) is 3.01. The SMILES string of the molecule is COc1cc(C)c(NC(=O)CO)cc1F. The van der Waals surface area contributed by atoms with Crippen LogP contribution >= 0.6 is 0 Å². The topological polar surface area (TPSA) is 58.6 Å². The highest BCUT2D eigenvalue weighted by Gasteiger charge is 2.09. The minimum absolute atomic E-state index is 0.120. The molecule has 0 aromatic heterocycles. The number of aliphatic hydroxyl groups excluding tert-OH is 1. The molecule has 0 fully saturated rings. The van der Waals surface area contributed by atoms with E-state index in [0.717, 1.165) is 6.07 Å². The van der Waals surface area contributed by atoms with Gasteiger partial charge in [0.05, 0.1) is 7.11 Å². The van der Waals surface area contributed by atoms with Gasteiger partial charge in [0.15, 0.2) is 11.6 Å². The van der Waals surface area contributed by atoms with E-state index < -0.39 is 18.3 Å². The van der Waals surface area contributed by atoms with E-state index in [1.54, 1.807) is 6.92 Å². The third-order valence-electron chi connectivity index (χ3n) is 1.92. The summed E-state index contributed by atoms with van der Waals surface area (Å²) in [5, 5.41) is 10.9. The standard InChI is InChI=1S/C10H12FNO3/c1-6-3-9(15-2)7(11)4-8(6)12-10(14)5-13/h3-4,13H,5H2,1-2H3,(H,12,14). The summed E-state index contributed by atoms with van der Waals surface area (Å²) >= 11 is 0. The molecule has 0 spiro atoms. The predicted molar refractivity (Wildman–Crippen MR) is 53.4 cm³/mol.